The number of benzene rings is 2. The van der Waals surface area contributed by atoms with Gasteiger partial charge in [-0.1, -0.05) is 12.1 Å². The summed E-state index contributed by atoms with van der Waals surface area (Å²) in [5.74, 6) is -3.79. The zero-order valence-electron chi connectivity index (χ0n) is 10.9. The molecule has 1 heterocycles. The van der Waals surface area contributed by atoms with E-state index in [1.807, 2.05) is 24.3 Å². The molecule has 0 atom stereocenters. The lowest BCUT2D eigenvalue weighted by Crippen LogP contribution is -2.13. The van der Waals surface area contributed by atoms with E-state index in [2.05, 4.69) is 10.3 Å². The third-order valence-electron chi connectivity index (χ3n) is 2.99. The van der Waals surface area contributed by atoms with Gasteiger partial charge in [0.2, 0.25) is 0 Å². The van der Waals surface area contributed by atoms with Crippen LogP contribution >= 0.6 is 11.3 Å². The number of aromatic nitrogens is 1. The van der Waals surface area contributed by atoms with Gasteiger partial charge < -0.3 is 5.32 Å². The number of fused-ring (bicyclic) bond motifs is 1. The number of hydrogen-bond donors (Lipinski definition) is 1. The first kappa shape index (κ1) is 14.0. The minimum Gasteiger partial charge on any atom is -0.306 e. The smallest absolute Gasteiger partial charge is 0.194 e. The van der Waals surface area contributed by atoms with Crippen molar-refractivity contribution in [1.29, 1.82) is 0 Å². The van der Waals surface area contributed by atoms with Gasteiger partial charge in [-0.25, -0.2) is 18.2 Å². The summed E-state index contributed by atoms with van der Waals surface area (Å²) in [6.07, 6.45) is 0. The zero-order valence-corrected chi connectivity index (χ0v) is 11.7. The van der Waals surface area contributed by atoms with Crippen molar-refractivity contribution in [2.24, 2.45) is 0 Å². The fourth-order valence-corrected chi connectivity index (χ4v) is 2.96. The molecule has 0 bridgehead atoms. The van der Waals surface area contributed by atoms with E-state index < -0.39 is 17.5 Å². The molecule has 0 spiro atoms. The number of nitrogens with one attached hydrogen (secondary N) is 1. The highest BCUT2D eigenvalue weighted by molar-refractivity contribution is 7.18. The number of thiazole rings is 1. The van der Waals surface area contributed by atoms with Gasteiger partial charge in [-0.15, -0.1) is 11.3 Å². The van der Waals surface area contributed by atoms with E-state index in [9.17, 15) is 13.2 Å². The van der Waals surface area contributed by atoms with Crippen LogP contribution in [0.15, 0.2) is 36.4 Å². The minimum absolute atomic E-state index is 0.240. The lowest BCUT2D eigenvalue weighted by molar-refractivity contribution is 0.444. The molecular weight excluding hydrogens is 297 g/mol. The maximum Gasteiger partial charge on any atom is 0.194 e. The van der Waals surface area contributed by atoms with E-state index in [0.29, 0.717) is 12.1 Å². The summed E-state index contributed by atoms with van der Waals surface area (Å²) in [4.78, 5) is 4.44. The van der Waals surface area contributed by atoms with Gasteiger partial charge in [-0.3, -0.25) is 0 Å². The molecule has 21 heavy (non-hydrogen) atoms. The molecule has 0 unspecified atom stereocenters. The van der Waals surface area contributed by atoms with Crippen molar-refractivity contribution in [1.82, 2.24) is 10.3 Å². The molecule has 3 rings (SSSR count). The SMILES string of the molecule is Fc1cc(CNCc2nc3ccccc3s2)cc(F)c1F. The molecule has 0 saturated carbocycles. The van der Waals surface area contributed by atoms with E-state index in [0.717, 1.165) is 27.4 Å². The van der Waals surface area contributed by atoms with Gasteiger partial charge in [0.05, 0.1) is 10.2 Å². The highest BCUT2D eigenvalue weighted by Crippen LogP contribution is 2.21. The number of nitrogens with zero attached hydrogens (tertiary/aromatic N) is 1. The van der Waals surface area contributed by atoms with Crippen LogP contribution in [0.4, 0.5) is 13.2 Å². The summed E-state index contributed by atoms with van der Waals surface area (Å²) in [7, 11) is 0. The molecule has 1 aromatic heterocycles. The van der Waals surface area contributed by atoms with Crippen molar-refractivity contribution in [3.8, 4) is 0 Å². The fourth-order valence-electron chi connectivity index (χ4n) is 2.02. The summed E-state index contributed by atoms with van der Waals surface area (Å²) in [6.45, 7) is 0.726. The Kier molecular flexibility index (Phi) is 3.90. The Morgan fingerprint density at radius 3 is 2.43 bits per heavy atom. The summed E-state index contributed by atoms with van der Waals surface area (Å²) >= 11 is 1.56. The van der Waals surface area contributed by atoms with E-state index in [4.69, 9.17) is 0 Å². The van der Waals surface area contributed by atoms with Crippen molar-refractivity contribution in [3.63, 3.8) is 0 Å². The van der Waals surface area contributed by atoms with Crippen LogP contribution in [-0.2, 0) is 13.1 Å². The van der Waals surface area contributed by atoms with Crippen LogP contribution in [0.5, 0.6) is 0 Å². The van der Waals surface area contributed by atoms with E-state index >= 15 is 0 Å². The van der Waals surface area contributed by atoms with Gasteiger partial charge >= 0.3 is 0 Å². The van der Waals surface area contributed by atoms with Crippen LogP contribution in [0.25, 0.3) is 10.2 Å². The van der Waals surface area contributed by atoms with Crippen LogP contribution in [0, 0.1) is 17.5 Å². The summed E-state index contributed by atoms with van der Waals surface area (Å²) in [5, 5.41) is 3.93. The van der Waals surface area contributed by atoms with E-state index in [1.165, 1.54) is 0 Å². The number of rotatable bonds is 4. The predicted molar refractivity (Wildman–Crippen MR) is 76.5 cm³/mol. The second kappa shape index (κ2) is 5.83. The topological polar surface area (TPSA) is 24.9 Å². The lowest BCUT2D eigenvalue weighted by atomic mass is 10.2. The van der Waals surface area contributed by atoms with Gasteiger partial charge in [0.25, 0.3) is 0 Å². The second-order valence-electron chi connectivity index (χ2n) is 4.55. The molecule has 0 amide bonds. The summed E-state index contributed by atoms with van der Waals surface area (Å²) in [5.41, 5.74) is 1.28. The van der Waals surface area contributed by atoms with Crippen molar-refractivity contribution >= 4 is 21.6 Å². The minimum atomic E-state index is -1.44. The third-order valence-corrected chi connectivity index (χ3v) is 4.02. The largest absolute Gasteiger partial charge is 0.306 e. The Bertz CT molecular complexity index is 729. The average Bonchev–Trinajstić information content (AvgIpc) is 2.87. The molecule has 108 valence electrons. The Labute approximate surface area is 123 Å². The highest BCUT2D eigenvalue weighted by Gasteiger charge is 2.10. The zero-order chi connectivity index (χ0) is 14.8. The second-order valence-corrected chi connectivity index (χ2v) is 5.67. The maximum atomic E-state index is 13.1. The maximum absolute atomic E-state index is 13.1. The Morgan fingerprint density at radius 2 is 1.71 bits per heavy atom. The third kappa shape index (κ3) is 3.06. The fraction of sp³-hybridized carbons (Fsp3) is 0.133. The quantitative estimate of drug-likeness (QED) is 0.737. The Balaban J connectivity index is 1.66. The van der Waals surface area contributed by atoms with Crippen molar-refractivity contribution in [3.05, 3.63) is 64.4 Å². The molecule has 0 aliphatic heterocycles. The van der Waals surface area contributed by atoms with Crippen LogP contribution in [0.1, 0.15) is 10.6 Å². The van der Waals surface area contributed by atoms with Gasteiger partial charge in [-0.2, -0.15) is 0 Å². The van der Waals surface area contributed by atoms with Gasteiger partial charge in [0.1, 0.15) is 5.01 Å². The molecule has 3 aromatic rings. The highest BCUT2D eigenvalue weighted by atomic mass is 32.1. The Morgan fingerprint density at radius 1 is 1.00 bits per heavy atom. The van der Waals surface area contributed by atoms with Crippen LogP contribution in [-0.4, -0.2) is 4.98 Å². The molecule has 2 nitrogen and oxygen atoms in total. The van der Waals surface area contributed by atoms with E-state index in [1.54, 1.807) is 11.3 Å². The number of halogens is 3. The normalized spacial score (nSPS) is 11.2. The summed E-state index contributed by atoms with van der Waals surface area (Å²) < 4.78 is 40.1. The predicted octanol–water partition coefficient (Wildman–Crippen LogP) is 4.00. The average molecular weight is 308 g/mol. The molecular formula is C15H11F3N2S. The molecule has 0 aliphatic carbocycles. The molecule has 2 aromatic carbocycles. The first-order valence-corrected chi connectivity index (χ1v) is 7.14. The van der Waals surface area contributed by atoms with Gasteiger partial charge in [0, 0.05) is 13.1 Å². The number of hydrogen-bond acceptors (Lipinski definition) is 3. The molecule has 0 aliphatic rings. The van der Waals surface area contributed by atoms with E-state index in [-0.39, 0.29) is 6.54 Å². The van der Waals surface area contributed by atoms with Crippen molar-refractivity contribution < 1.29 is 13.2 Å². The van der Waals surface area contributed by atoms with Crippen LogP contribution < -0.4 is 5.32 Å². The molecule has 0 fully saturated rings. The van der Waals surface area contributed by atoms with Gasteiger partial charge in [-0.05, 0) is 29.8 Å². The van der Waals surface area contributed by atoms with Gasteiger partial charge in [0.15, 0.2) is 17.5 Å². The standard InChI is InChI=1S/C15H11F3N2S/c16-10-5-9(6-11(17)15(10)18)7-19-8-14-20-12-3-1-2-4-13(12)21-14/h1-6,19H,7-8H2. The monoisotopic (exact) mass is 308 g/mol. The Hall–Kier alpha value is -1.92. The van der Waals surface area contributed by atoms with Crippen molar-refractivity contribution in [2.75, 3.05) is 0 Å². The first-order chi connectivity index (χ1) is 10.1. The summed E-state index contributed by atoms with van der Waals surface area (Å²) in [6, 6.07) is 9.76. The van der Waals surface area contributed by atoms with Crippen LogP contribution in [0.2, 0.25) is 0 Å². The molecule has 0 saturated heterocycles. The molecule has 0 radical (unpaired) electrons. The van der Waals surface area contributed by atoms with Crippen LogP contribution in [0.3, 0.4) is 0 Å². The molecule has 1 N–H and O–H groups in total. The molecule has 6 heteroatoms. The first-order valence-electron chi connectivity index (χ1n) is 6.32. The van der Waals surface area contributed by atoms with Crippen molar-refractivity contribution in [2.45, 2.75) is 13.1 Å². The lowest BCUT2D eigenvalue weighted by Gasteiger charge is -2.04. The number of para-hydroxylation sites is 1.